The fourth-order valence-corrected chi connectivity index (χ4v) is 4.66. The topological polar surface area (TPSA) is 24.1 Å². The van der Waals surface area contributed by atoms with Crippen LogP contribution >= 0.6 is 11.9 Å². The average Bonchev–Trinajstić information content (AvgIpc) is 3.31. The molecule has 2 N–H and O–H groups in total. The van der Waals surface area contributed by atoms with E-state index in [1.807, 2.05) is 0 Å². The van der Waals surface area contributed by atoms with Crippen molar-refractivity contribution in [1.82, 2.24) is 4.72 Å². The van der Waals surface area contributed by atoms with Crippen LogP contribution < -0.4 is 10.0 Å². The van der Waals surface area contributed by atoms with Gasteiger partial charge in [0.05, 0.1) is 0 Å². The molecule has 0 aromatic heterocycles. The Morgan fingerprint density at radius 2 is 2.00 bits per heavy atom. The fraction of sp³-hybridized carbons (Fsp3) is 0.478. The molecule has 4 rings (SSSR count). The molecule has 1 atom stereocenters. The fourth-order valence-electron chi connectivity index (χ4n) is 3.99. The molecule has 3 aliphatic rings. The van der Waals surface area contributed by atoms with Gasteiger partial charge in [-0.2, -0.15) is 0 Å². The Balaban J connectivity index is 1.42. The zero-order valence-corrected chi connectivity index (χ0v) is 17.0. The molecular formula is C23H30N2S. The zero-order valence-electron chi connectivity index (χ0n) is 16.2. The maximum Gasteiger partial charge on any atom is 0.106 e. The number of nitrogens with one attached hydrogen (secondary N) is 2. The van der Waals surface area contributed by atoms with E-state index < -0.39 is 0 Å². The van der Waals surface area contributed by atoms with Crippen LogP contribution in [-0.4, -0.2) is 0 Å². The van der Waals surface area contributed by atoms with E-state index >= 15 is 0 Å². The van der Waals surface area contributed by atoms with Crippen LogP contribution in [0.1, 0.15) is 62.6 Å². The molecule has 1 aromatic carbocycles. The van der Waals surface area contributed by atoms with Gasteiger partial charge in [-0.3, -0.25) is 0 Å². The molecule has 0 spiro atoms. The van der Waals surface area contributed by atoms with Crippen molar-refractivity contribution in [2.45, 2.75) is 58.8 Å². The lowest BCUT2D eigenvalue weighted by Crippen LogP contribution is -2.19. The Morgan fingerprint density at radius 3 is 2.62 bits per heavy atom. The molecule has 1 unspecified atom stereocenters. The van der Waals surface area contributed by atoms with E-state index in [0.29, 0.717) is 11.8 Å². The van der Waals surface area contributed by atoms with Crippen LogP contribution in [0.4, 0.5) is 5.69 Å². The second-order valence-electron chi connectivity index (χ2n) is 8.27. The van der Waals surface area contributed by atoms with E-state index in [-0.39, 0.29) is 0 Å². The first-order chi connectivity index (χ1) is 12.5. The first kappa shape index (κ1) is 17.8. The minimum atomic E-state index is 0.601. The van der Waals surface area contributed by atoms with Gasteiger partial charge in [-0.25, -0.2) is 0 Å². The lowest BCUT2D eigenvalue weighted by Gasteiger charge is -2.28. The van der Waals surface area contributed by atoms with Gasteiger partial charge in [0.15, 0.2) is 0 Å². The Kier molecular flexibility index (Phi) is 4.92. The van der Waals surface area contributed by atoms with Gasteiger partial charge in [0, 0.05) is 10.6 Å². The van der Waals surface area contributed by atoms with E-state index in [0.717, 1.165) is 18.2 Å². The number of rotatable bonds is 8. The Hall–Kier alpha value is -1.61. The third-order valence-electron chi connectivity index (χ3n) is 6.02. The molecule has 0 saturated heterocycles. The van der Waals surface area contributed by atoms with Crippen molar-refractivity contribution in [2.24, 2.45) is 11.8 Å². The quantitative estimate of drug-likeness (QED) is 0.529. The highest BCUT2D eigenvalue weighted by Gasteiger charge is 2.32. The van der Waals surface area contributed by atoms with E-state index in [1.165, 1.54) is 58.5 Å². The predicted molar refractivity (Wildman–Crippen MR) is 114 cm³/mol. The van der Waals surface area contributed by atoms with Crippen LogP contribution in [0.2, 0.25) is 0 Å². The van der Waals surface area contributed by atoms with Gasteiger partial charge in [-0.15, -0.1) is 0 Å². The van der Waals surface area contributed by atoms with Gasteiger partial charge in [-0.1, -0.05) is 45.6 Å². The molecule has 0 radical (unpaired) electrons. The Morgan fingerprint density at radius 1 is 1.19 bits per heavy atom. The van der Waals surface area contributed by atoms with Crippen molar-refractivity contribution >= 4 is 17.6 Å². The first-order valence-corrected chi connectivity index (χ1v) is 10.8. The molecule has 3 aliphatic carbocycles. The normalized spacial score (nSPS) is 19.4. The zero-order chi connectivity index (χ0) is 18.3. The van der Waals surface area contributed by atoms with Crippen molar-refractivity contribution in [2.75, 3.05) is 5.32 Å². The molecule has 1 fully saturated rings. The highest BCUT2D eigenvalue weighted by molar-refractivity contribution is 8.01. The molecule has 0 heterocycles. The second kappa shape index (κ2) is 7.19. The largest absolute Gasteiger partial charge is 0.341 e. The second-order valence-corrected chi connectivity index (χ2v) is 9.21. The summed E-state index contributed by atoms with van der Waals surface area (Å²) in [6, 6.07) is 4.69. The molecular weight excluding hydrogens is 336 g/mol. The summed E-state index contributed by atoms with van der Waals surface area (Å²) in [7, 11) is 0. The summed E-state index contributed by atoms with van der Waals surface area (Å²) in [4.78, 5) is 1.37. The molecule has 3 heteroatoms. The third kappa shape index (κ3) is 3.59. The van der Waals surface area contributed by atoms with Crippen LogP contribution in [-0.2, 0) is 12.8 Å². The summed E-state index contributed by atoms with van der Waals surface area (Å²) >= 11 is 1.69. The summed E-state index contributed by atoms with van der Waals surface area (Å²) in [5, 5.41) is 3.62. The van der Waals surface area contributed by atoms with Crippen molar-refractivity contribution in [3.05, 3.63) is 63.9 Å². The molecule has 1 saturated carbocycles. The summed E-state index contributed by atoms with van der Waals surface area (Å²) in [6.45, 7) is 11.1. The molecule has 26 heavy (non-hydrogen) atoms. The van der Waals surface area contributed by atoms with Crippen LogP contribution in [0, 0.1) is 11.8 Å². The van der Waals surface area contributed by atoms with Crippen LogP contribution in [0.5, 0.6) is 0 Å². The molecule has 0 aliphatic heterocycles. The molecule has 0 bridgehead atoms. The van der Waals surface area contributed by atoms with Gasteiger partial charge in [0.25, 0.3) is 0 Å². The number of anilines is 1. The number of allylic oxidation sites excluding steroid dienone is 4. The molecule has 1 aromatic rings. The maximum absolute atomic E-state index is 4.23. The number of benzene rings is 1. The minimum Gasteiger partial charge on any atom is -0.341 e. The lowest BCUT2D eigenvalue weighted by molar-refractivity contribution is 0.661. The van der Waals surface area contributed by atoms with Crippen LogP contribution in [0.3, 0.4) is 0 Å². The average molecular weight is 367 g/mol. The monoisotopic (exact) mass is 366 g/mol. The molecule has 138 valence electrons. The van der Waals surface area contributed by atoms with Crippen molar-refractivity contribution in [3.63, 3.8) is 0 Å². The smallest absolute Gasteiger partial charge is 0.106 e. The van der Waals surface area contributed by atoms with E-state index in [4.69, 9.17) is 0 Å². The highest BCUT2D eigenvalue weighted by Crippen LogP contribution is 2.47. The maximum atomic E-state index is 4.23. The van der Waals surface area contributed by atoms with Crippen LogP contribution in [0.25, 0.3) is 0 Å². The standard InChI is InChI=1S/C23H30N2S/c1-14(2)19-7-10-20(13-19)26-25-16(4)24-23-21(15(3)17-5-6-17)11-8-18-9-12-22(18)23/h7-8,11,13-15,17,24-25H,4-6,9-10,12H2,1-3H3. The number of hydrogen-bond donors (Lipinski definition) is 2. The molecule has 0 amide bonds. The third-order valence-corrected chi connectivity index (χ3v) is 6.92. The van der Waals surface area contributed by atoms with Crippen molar-refractivity contribution in [1.29, 1.82) is 0 Å². The summed E-state index contributed by atoms with van der Waals surface area (Å²) < 4.78 is 3.42. The van der Waals surface area contributed by atoms with Gasteiger partial charge < -0.3 is 10.0 Å². The summed E-state index contributed by atoms with van der Waals surface area (Å²) in [5.41, 5.74) is 7.25. The Bertz CT molecular complexity index is 784. The van der Waals surface area contributed by atoms with E-state index in [9.17, 15) is 0 Å². The minimum absolute atomic E-state index is 0.601. The number of aryl methyl sites for hydroxylation is 1. The number of fused-ring (bicyclic) bond motifs is 1. The summed E-state index contributed by atoms with van der Waals surface area (Å²) in [5.74, 6) is 3.00. The van der Waals surface area contributed by atoms with Gasteiger partial charge in [-0.05, 0) is 90.1 Å². The summed E-state index contributed by atoms with van der Waals surface area (Å²) in [6.07, 6.45) is 10.8. The van der Waals surface area contributed by atoms with Crippen LogP contribution in [0.15, 0.2) is 47.2 Å². The SMILES string of the molecule is C=C(NSC1=CC(C(C)C)=CC1)Nc1c(C(C)C2CC2)ccc2c1CC2. The van der Waals surface area contributed by atoms with Gasteiger partial charge in [0.1, 0.15) is 5.82 Å². The highest BCUT2D eigenvalue weighted by atomic mass is 32.2. The first-order valence-electron chi connectivity index (χ1n) is 9.97. The van der Waals surface area contributed by atoms with Gasteiger partial charge >= 0.3 is 0 Å². The Labute approximate surface area is 162 Å². The van der Waals surface area contributed by atoms with Crippen molar-refractivity contribution in [3.8, 4) is 0 Å². The number of hydrogen-bond acceptors (Lipinski definition) is 3. The van der Waals surface area contributed by atoms with Gasteiger partial charge in [0.2, 0.25) is 0 Å². The lowest BCUT2D eigenvalue weighted by atomic mass is 9.82. The predicted octanol–water partition coefficient (Wildman–Crippen LogP) is 6.29. The van der Waals surface area contributed by atoms with E-state index in [2.05, 4.69) is 61.7 Å². The van der Waals surface area contributed by atoms with E-state index in [1.54, 1.807) is 11.9 Å². The van der Waals surface area contributed by atoms with Crippen molar-refractivity contribution < 1.29 is 0 Å². The molecule has 2 nitrogen and oxygen atoms in total.